The number of rotatable bonds is 4. The molecule has 0 heterocycles. The lowest BCUT2D eigenvalue weighted by molar-refractivity contribution is 0.0965. The molecule has 0 spiro atoms. The van der Waals surface area contributed by atoms with Gasteiger partial charge in [-0.05, 0) is 85.1 Å². The third-order valence-electron chi connectivity index (χ3n) is 4.15. The summed E-state index contributed by atoms with van der Waals surface area (Å²) in [7, 11) is 0. The molecule has 0 radical (unpaired) electrons. The molecule has 0 aliphatic carbocycles. The Morgan fingerprint density at radius 3 is 1.34 bits per heavy atom. The van der Waals surface area contributed by atoms with E-state index in [1.54, 1.807) is 48.5 Å². The van der Waals surface area contributed by atoms with Gasteiger partial charge in [-0.3, -0.25) is 20.2 Å². The Bertz CT molecular complexity index is 1090. The van der Waals surface area contributed by atoms with Crippen LogP contribution < -0.4 is 32.7 Å². The lowest BCUT2D eigenvalue weighted by Gasteiger charge is -2.11. The van der Waals surface area contributed by atoms with E-state index in [0.717, 1.165) is 0 Å². The molecule has 32 heavy (non-hydrogen) atoms. The Hall–Kier alpha value is -4.02. The molecule has 0 atom stereocenters. The summed E-state index contributed by atoms with van der Waals surface area (Å²) in [5.41, 5.74) is 14.6. The van der Waals surface area contributed by atoms with E-state index < -0.39 is 11.8 Å². The van der Waals surface area contributed by atoms with Crippen LogP contribution in [0.4, 0.5) is 22.7 Å². The molecule has 2 amide bonds. The van der Waals surface area contributed by atoms with Gasteiger partial charge in [0.05, 0.1) is 0 Å². The third kappa shape index (κ3) is 6.49. The highest BCUT2D eigenvalue weighted by molar-refractivity contribution is 7.80. The Labute approximate surface area is 195 Å². The number of anilines is 4. The number of thiocarbonyl (C=S) groups is 2. The quantitative estimate of drug-likeness (QED) is 0.256. The van der Waals surface area contributed by atoms with Gasteiger partial charge in [0.2, 0.25) is 0 Å². The highest BCUT2D eigenvalue weighted by Gasteiger charge is 2.12. The monoisotopic (exact) mass is 464 g/mol. The maximum absolute atomic E-state index is 12.4. The molecule has 8 nitrogen and oxygen atoms in total. The molecule has 3 rings (SSSR count). The number of carbonyl (C=O) groups is 2. The van der Waals surface area contributed by atoms with Gasteiger partial charge in [0, 0.05) is 33.9 Å². The fourth-order valence-electron chi connectivity index (χ4n) is 2.68. The van der Waals surface area contributed by atoms with Crippen LogP contribution in [0.15, 0.2) is 72.8 Å². The summed E-state index contributed by atoms with van der Waals surface area (Å²) in [4.78, 5) is 24.8. The molecular weight excluding hydrogens is 444 g/mol. The SMILES string of the molecule is Nc1cccc(NC(=S)NC(=O)c2ccc(C(=O)NC(=S)Nc3cccc(N)c3)cc2)c1. The number of hydrogen-bond donors (Lipinski definition) is 6. The summed E-state index contributed by atoms with van der Waals surface area (Å²) < 4.78 is 0. The van der Waals surface area contributed by atoms with Crippen LogP contribution >= 0.6 is 24.4 Å². The standard InChI is InChI=1S/C22H20N6O2S2/c23-15-3-1-5-17(11-15)25-21(31)27-19(29)13-7-9-14(10-8-13)20(30)28-22(32)26-18-6-2-4-16(24)12-18/h1-12H,23-24H2,(H2,25,27,29,31)(H2,26,28,30,32). The number of nitrogens with one attached hydrogen (secondary N) is 4. The number of amides is 2. The maximum Gasteiger partial charge on any atom is 0.257 e. The van der Waals surface area contributed by atoms with Crippen LogP contribution in [0.1, 0.15) is 20.7 Å². The normalized spacial score (nSPS) is 10.0. The van der Waals surface area contributed by atoms with Crippen LogP contribution in [0.25, 0.3) is 0 Å². The summed E-state index contributed by atoms with van der Waals surface area (Å²) in [6, 6.07) is 20.0. The Morgan fingerprint density at radius 2 is 1.00 bits per heavy atom. The molecule has 0 bridgehead atoms. The van der Waals surface area contributed by atoms with Crippen molar-refractivity contribution in [2.45, 2.75) is 0 Å². The van der Waals surface area contributed by atoms with E-state index in [4.69, 9.17) is 35.9 Å². The van der Waals surface area contributed by atoms with Gasteiger partial charge in [-0.25, -0.2) is 0 Å². The number of benzene rings is 3. The molecule has 0 aliphatic rings. The van der Waals surface area contributed by atoms with Gasteiger partial charge in [-0.1, -0.05) is 12.1 Å². The second-order valence-corrected chi connectivity index (χ2v) is 7.46. The third-order valence-corrected chi connectivity index (χ3v) is 4.56. The zero-order valence-electron chi connectivity index (χ0n) is 16.7. The number of carbonyl (C=O) groups excluding carboxylic acids is 2. The van der Waals surface area contributed by atoms with Gasteiger partial charge >= 0.3 is 0 Å². The van der Waals surface area contributed by atoms with Crippen LogP contribution in [0.2, 0.25) is 0 Å². The molecule has 3 aromatic carbocycles. The van der Waals surface area contributed by atoms with E-state index in [1.807, 2.05) is 0 Å². The van der Waals surface area contributed by atoms with Crippen molar-refractivity contribution in [3.05, 3.63) is 83.9 Å². The lowest BCUT2D eigenvalue weighted by Crippen LogP contribution is -2.35. The van der Waals surface area contributed by atoms with Gasteiger partial charge in [-0.15, -0.1) is 0 Å². The van der Waals surface area contributed by atoms with E-state index in [2.05, 4.69) is 21.3 Å². The second kappa shape index (κ2) is 10.3. The summed E-state index contributed by atoms with van der Waals surface area (Å²) >= 11 is 10.3. The lowest BCUT2D eigenvalue weighted by atomic mass is 10.1. The van der Waals surface area contributed by atoms with Crippen molar-refractivity contribution >= 4 is 69.2 Å². The zero-order chi connectivity index (χ0) is 23.1. The van der Waals surface area contributed by atoms with Gasteiger partial charge in [-0.2, -0.15) is 0 Å². The van der Waals surface area contributed by atoms with E-state index >= 15 is 0 Å². The van der Waals surface area contributed by atoms with Crippen molar-refractivity contribution in [1.29, 1.82) is 0 Å². The van der Waals surface area contributed by atoms with Crippen molar-refractivity contribution in [3.8, 4) is 0 Å². The predicted molar refractivity (Wildman–Crippen MR) is 136 cm³/mol. The molecule has 3 aromatic rings. The fraction of sp³-hybridized carbons (Fsp3) is 0. The van der Waals surface area contributed by atoms with Crippen molar-refractivity contribution in [2.24, 2.45) is 0 Å². The molecule has 0 unspecified atom stereocenters. The molecule has 8 N–H and O–H groups in total. The highest BCUT2D eigenvalue weighted by atomic mass is 32.1. The minimum atomic E-state index is -0.419. The van der Waals surface area contributed by atoms with Crippen LogP contribution in [0, 0.1) is 0 Å². The Balaban J connectivity index is 1.54. The summed E-state index contributed by atoms with van der Waals surface area (Å²) in [6.45, 7) is 0. The first-order valence-electron chi connectivity index (χ1n) is 9.36. The van der Waals surface area contributed by atoms with Gasteiger partial charge < -0.3 is 22.1 Å². The summed E-state index contributed by atoms with van der Waals surface area (Å²) in [5, 5.41) is 11.2. The molecule has 10 heteroatoms. The molecule has 0 saturated carbocycles. The molecule has 0 fully saturated rings. The van der Waals surface area contributed by atoms with E-state index in [9.17, 15) is 9.59 Å². The van der Waals surface area contributed by atoms with Gasteiger partial charge in [0.1, 0.15) is 0 Å². The van der Waals surface area contributed by atoms with Crippen molar-refractivity contribution < 1.29 is 9.59 Å². The van der Waals surface area contributed by atoms with E-state index in [1.165, 1.54) is 24.3 Å². The Morgan fingerprint density at radius 1 is 0.625 bits per heavy atom. The largest absolute Gasteiger partial charge is 0.399 e. The fourth-order valence-corrected chi connectivity index (χ4v) is 3.10. The number of nitrogen functional groups attached to an aromatic ring is 2. The van der Waals surface area contributed by atoms with Crippen molar-refractivity contribution in [1.82, 2.24) is 10.6 Å². The van der Waals surface area contributed by atoms with Crippen LogP contribution in [0.5, 0.6) is 0 Å². The smallest absolute Gasteiger partial charge is 0.257 e. The molecule has 0 saturated heterocycles. The predicted octanol–water partition coefficient (Wildman–Crippen LogP) is 3.10. The van der Waals surface area contributed by atoms with Gasteiger partial charge in [0.15, 0.2) is 10.2 Å². The minimum Gasteiger partial charge on any atom is -0.399 e. The number of nitrogens with two attached hydrogens (primary N) is 2. The average Bonchev–Trinajstić information content (AvgIpc) is 2.73. The average molecular weight is 465 g/mol. The van der Waals surface area contributed by atoms with Crippen molar-refractivity contribution in [3.63, 3.8) is 0 Å². The van der Waals surface area contributed by atoms with Crippen LogP contribution in [-0.4, -0.2) is 22.0 Å². The first-order chi connectivity index (χ1) is 15.3. The zero-order valence-corrected chi connectivity index (χ0v) is 18.3. The summed E-state index contributed by atoms with van der Waals surface area (Å²) in [5.74, 6) is -0.838. The molecular formula is C22H20N6O2S2. The molecule has 0 aliphatic heterocycles. The highest BCUT2D eigenvalue weighted by Crippen LogP contribution is 2.13. The summed E-state index contributed by atoms with van der Waals surface area (Å²) in [6.07, 6.45) is 0. The number of hydrogen-bond acceptors (Lipinski definition) is 6. The van der Waals surface area contributed by atoms with E-state index in [0.29, 0.717) is 33.9 Å². The molecule has 0 aromatic heterocycles. The molecule has 162 valence electrons. The van der Waals surface area contributed by atoms with Gasteiger partial charge in [0.25, 0.3) is 11.8 Å². The second-order valence-electron chi connectivity index (χ2n) is 6.64. The Kier molecular flexibility index (Phi) is 7.32. The maximum atomic E-state index is 12.4. The first kappa shape index (κ1) is 22.7. The van der Waals surface area contributed by atoms with Crippen molar-refractivity contribution in [2.75, 3.05) is 22.1 Å². The topological polar surface area (TPSA) is 134 Å². The van der Waals surface area contributed by atoms with Crippen LogP contribution in [-0.2, 0) is 0 Å². The first-order valence-corrected chi connectivity index (χ1v) is 10.2. The van der Waals surface area contributed by atoms with Crippen LogP contribution in [0.3, 0.4) is 0 Å². The van der Waals surface area contributed by atoms with E-state index in [-0.39, 0.29) is 10.2 Å². The minimum absolute atomic E-state index is 0.125.